The maximum atomic E-state index is 12.9. The maximum absolute atomic E-state index is 12.9. The van der Waals surface area contributed by atoms with Crippen LogP contribution >= 0.6 is 0 Å². The second-order valence-corrected chi connectivity index (χ2v) is 10.1. The number of nitrogens with zero attached hydrogens (tertiary/aromatic N) is 4. The van der Waals surface area contributed by atoms with Crippen molar-refractivity contribution in [2.24, 2.45) is 0 Å². The van der Waals surface area contributed by atoms with Gasteiger partial charge in [-0.15, -0.1) is 0 Å². The van der Waals surface area contributed by atoms with Gasteiger partial charge in [-0.05, 0) is 92.9 Å². The molecular formula is C31H31N5O2. The van der Waals surface area contributed by atoms with Crippen LogP contribution in [0.5, 0.6) is 0 Å². The normalized spacial score (nSPS) is 14.4. The minimum Gasteiger partial charge on any atom is -0.461 e. The molecule has 192 valence electrons. The molecule has 0 bridgehead atoms. The quantitative estimate of drug-likeness (QED) is 0.300. The molecule has 0 aliphatic carbocycles. The van der Waals surface area contributed by atoms with Crippen molar-refractivity contribution in [2.45, 2.75) is 26.2 Å². The number of fused-ring (bicyclic) bond motifs is 2. The highest BCUT2D eigenvalue weighted by Crippen LogP contribution is 2.23. The number of furan rings is 1. The topological polar surface area (TPSA) is 81.2 Å². The summed E-state index contributed by atoms with van der Waals surface area (Å²) >= 11 is 0. The zero-order chi connectivity index (χ0) is 26.1. The summed E-state index contributed by atoms with van der Waals surface area (Å²) in [5.74, 6) is 0.744. The fraction of sp³-hybridized carbons (Fsp3) is 0.290. The highest BCUT2D eigenvalue weighted by atomic mass is 16.3. The third kappa shape index (κ3) is 4.71. The number of aromatic amines is 1. The number of aromatic nitrogens is 2. The summed E-state index contributed by atoms with van der Waals surface area (Å²) in [5, 5.41) is 11.0. The van der Waals surface area contributed by atoms with Gasteiger partial charge >= 0.3 is 0 Å². The third-order valence-corrected chi connectivity index (χ3v) is 7.64. The summed E-state index contributed by atoms with van der Waals surface area (Å²) in [5.41, 5.74) is 5.74. The fourth-order valence-corrected chi connectivity index (χ4v) is 5.53. The number of rotatable bonds is 7. The minimum atomic E-state index is -0.0580. The van der Waals surface area contributed by atoms with Crippen LogP contribution in [0.1, 0.15) is 29.7 Å². The number of aryl methyl sites for hydroxylation is 2. The van der Waals surface area contributed by atoms with Crippen LogP contribution in [0.4, 0.5) is 5.69 Å². The Labute approximate surface area is 221 Å². The number of anilines is 1. The second-order valence-electron chi connectivity index (χ2n) is 10.1. The first-order valence-corrected chi connectivity index (χ1v) is 13.3. The summed E-state index contributed by atoms with van der Waals surface area (Å²) < 4.78 is 7.26. The van der Waals surface area contributed by atoms with Crippen molar-refractivity contribution in [3.05, 3.63) is 94.2 Å². The van der Waals surface area contributed by atoms with Crippen molar-refractivity contribution in [1.82, 2.24) is 14.5 Å². The number of nitrogens with one attached hydrogen (secondary N) is 1. The number of unbranched alkanes of at least 4 members (excludes halogenated alkanes) is 1. The highest BCUT2D eigenvalue weighted by molar-refractivity contribution is 5.84. The van der Waals surface area contributed by atoms with Gasteiger partial charge in [0.25, 0.3) is 5.56 Å². The SMILES string of the molecule is Cc1cc2c(=O)n(-c3ccc(N4CCN(CCCCc5c[nH]c6ccc(C#N)cc56)CC4)cc3)ccc2o1. The van der Waals surface area contributed by atoms with Gasteiger partial charge in [0, 0.05) is 60.9 Å². The average Bonchev–Trinajstić information content (AvgIpc) is 3.54. The average molecular weight is 506 g/mol. The molecule has 4 heterocycles. The molecular weight excluding hydrogens is 474 g/mol. The molecule has 38 heavy (non-hydrogen) atoms. The molecule has 1 aliphatic heterocycles. The van der Waals surface area contributed by atoms with Gasteiger partial charge in [-0.2, -0.15) is 5.26 Å². The van der Waals surface area contributed by atoms with Crippen LogP contribution in [0.15, 0.2) is 76.2 Å². The molecule has 2 aromatic carbocycles. The molecule has 0 unspecified atom stereocenters. The number of nitriles is 1. The summed E-state index contributed by atoms with van der Waals surface area (Å²) in [4.78, 5) is 21.2. The molecule has 1 N–H and O–H groups in total. The lowest BCUT2D eigenvalue weighted by Crippen LogP contribution is -2.46. The summed E-state index contributed by atoms with van der Waals surface area (Å²) in [6, 6.07) is 20.0. The zero-order valence-corrected chi connectivity index (χ0v) is 21.6. The van der Waals surface area contributed by atoms with Crippen molar-refractivity contribution in [1.29, 1.82) is 5.26 Å². The van der Waals surface area contributed by atoms with E-state index in [2.05, 4.69) is 39.2 Å². The van der Waals surface area contributed by atoms with E-state index in [1.54, 1.807) is 16.8 Å². The molecule has 1 saturated heterocycles. The monoisotopic (exact) mass is 505 g/mol. The fourth-order valence-electron chi connectivity index (χ4n) is 5.53. The molecule has 0 saturated carbocycles. The van der Waals surface area contributed by atoms with E-state index in [-0.39, 0.29) is 5.56 Å². The Morgan fingerprint density at radius 2 is 1.74 bits per heavy atom. The van der Waals surface area contributed by atoms with Crippen LogP contribution in [0, 0.1) is 18.3 Å². The Morgan fingerprint density at radius 3 is 2.53 bits per heavy atom. The largest absolute Gasteiger partial charge is 0.461 e. The number of pyridine rings is 1. The Balaban J connectivity index is 1.00. The van der Waals surface area contributed by atoms with Crippen LogP contribution in [0.2, 0.25) is 0 Å². The van der Waals surface area contributed by atoms with Gasteiger partial charge in [0.2, 0.25) is 0 Å². The van der Waals surface area contributed by atoms with E-state index in [9.17, 15) is 10.1 Å². The van der Waals surface area contributed by atoms with Gasteiger partial charge < -0.3 is 14.3 Å². The first kappa shape index (κ1) is 24.1. The second kappa shape index (κ2) is 10.2. The van der Waals surface area contributed by atoms with Crippen molar-refractivity contribution in [2.75, 3.05) is 37.6 Å². The minimum absolute atomic E-state index is 0.0580. The lowest BCUT2D eigenvalue weighted by atomic mass is 10.1. The van der Waals surface area contributed by atoms with E-state index in [0.29, 0.717) is 16.5 Å². The Kier molecular flexibility index (Phi) is 6.48. The lowest BCUT2D eigenvalue weighted by Gasteiger charge is -2.36. The van der Waals surface area contributed by atoms with E-state index in [1.807, 2.05) is 43.3 Å². The molecule has 1 fully saturated rings. The standard InChI is InChI=1S/C31H31N5O2/c1-22-18-28-30(38-22)11-13-36(31(28)37)26-8-6-25(7-9-26)35-16-14-34(15-17-35)12-3-2-4-24-21-33-29-10-5-23(20-32)19-27(24)29/h5-11,13,18-19,21,33H,2-4,12,14-17H2,1H3. The van der Waals surface area contributed by atoms with E-state index in [4.69, 9.17) is 4.42 Å². The van der Waals surface area contributed by atoms with Crippen molar-refractivity contribution < 1.29 is 4.42 Å². The molecule has 0 amide bonds. The molecule has 5 aromatic rings. The zero-order valence-electron chi connectivity index (χ0n) is 21.6. The Morgan fingerprint density at radius 1 is 0.947 bits per heavy atom. The van der Waals surface area contributed by atoms with Gasteiger partial charge in [-0.25, -0.2) is 0 Å². The maximum Gasteiger partial charge on any atom is 0.266 e. The van der Waals surface area contributed by atoms with E-state index < -0.39 is 0 Å². The summed E-state index contributed by atoms with van der Waals surface area (Å²) in [7, 11) is 0. The molecule has 6 rings (SSSR count). The van der Waals surface area contributed by atoms with Crippen LogP contribution in [0.25, 0.3) is 27.6 Å². The van der Waals surface area contributed by atoms with Gasteiger partial charge in [0.15, 0.2) is 0 Å². The van der Waals surface area contributed by atoms with Crippen LogP contribution in [-0.4, -0.2) is 47.2 Å². The van der Waals surface area contributed by atoms with Gasteiger partial charge in [-0.3, -0.25) is 14.3 Å². The molecule has 7 heteroatoms. The molecule has 0 atom stereocenters. The molecule has 7 nitrogen and oxygen atoms in total. The van der Waals surface area contributed by atoms with E-state index in [0.717, 1.165) is 69.0 Å². The third-order valence-electron chi connectivity index (χ3n) is 7.64. The molecule has 0 radical (unpaired) electrons. The number of H-pyrrole nitrogens is 1. The van der Waals surface area contributed by atoms with Gasteiger partial charge in [-0.1, -0.05) is 0 Å². The Hall–Kier alpha value is -4.28. The predicted octanol–water partition coefficient (Wildman–Crippen LogP) is 5.39. The smallest absolute Gasteiger partial charge is 0.266 e. The lowest BCUT2D eigenvalue weighted by molar-refractivity contribution is 0.253. The van der Waals surface area contributed by atoms with Crippen molar-refractivity contribution in [3.63, 3.8) is 0 Å². The number of piperazine rings is 1. The number of benzene rings is 2. The number of hydrogen-bond acceptors (Lipinski definition) is 5. The summed E-state index contributed by atoms with van der Waals surface area (Å²) in [6.45, 7) is 7.07. The van der Waals surface area contributed by atoms with Crippen LogP contribution < -0.4 is 10.5 Å². The van der Waals surface area contributed by atoms with Gasteiger partial charge in [0.1, 0.15) is 11.3 Å². The predicted molar refractivity (Wildman–Crippen MR) is 151 cm³/mol. The van der Waals surface area contributed by atoms with Crippen molar-refractivity contribution in [3.8, 4) is 11.8 Å². The van der Waals surface area contributed by atoms with E-state index >= 15 is 0 Å². The van der Waals surface area contributed by atoms with Gasteiger partial charge in [0.05, 0.1) is 17.0 Å². The highest BCUT2D eigenvalue weighted by Gasteiger charge is 2.17. The first-order valence-electron chi connectivity index (χ1n) is 13.3. The first-order chi connectivity index (χ1) is 18.6. The molecule has 0 spiro atoms. The Bertz CT molecular complexity index is 1680. The van der Waals surface area contributed by atoms with Crippen LogP contribution in [0.3, 0.4) is 0 Å². The number of hydrogen-bond donors (Lipinski definition) is 1. The van der Waals surface area contributed by atoms with E-state index in [1.165, 1.54) is 16.6 Å². The summed E-state index contributed by atoms with van der Waals surface area (Å²) in [6.07, 6.45) is 7.19. The van der Waals surface area contributed by atoms with Crippen LogP contribution in [-0.2, 0) is 6.42 Å². The van der Waals surface area contributed by atoms with Crippen molar-refractivity contribution >= 4 is 27.6 Å². The molecule has 1 aliphatic rings. The molecule has 3 aromatic heterocycles.